The van der Waals surface area contributed by atoms with Gasteiger partial charge in [-0.25, -0.2) is 9.78 Å². The molecule has 0 unspecified atom stereocenters. The lowest BCUT2D eigenvalue weighted by Gasteiger charge is -2.31. The number of nitrogens with one attached hydrogen (secondary N) is 3. The van der Waals surface area contributed by atoms with Crippen molar-refractivity contribution in [3.05, 3.63) is 35.1 Å². The van der Waals surface area contributed by atoms with Crippen molar-refractivity contribution in [1.82, 2.24) is 24.6 Å². The Labute approximate surface area is 267 Å². The number of hydroxylamine groups is 2. The van der Waals surface area contributed by atoms with Crippen LogP contribution in [0.3, 0.4) is 0 Å². The van der Waals surface area contributed by atoms with Crippen LogP contribution >= 0.6 is 40.7 Å². The van der Waals surface area contributed by atoms with Crippen LogP contribution in [0.1, 0.15) is 70.3 Å². The molecule has 6 rings (SSSR count). The topological polar surface area (TPSA) is 135 Å². The van der Waals surface area contributed by atoms with E-state index in [2.05, 4.69) is 36.4 Å². The molecule has 14 heteroatoms. The maximum absolute atomic E-state index is 12.4. The average molecular weight is 685 g/mol. The summed E-state index contributed by atoms with van der Waals surface area (Å²) in [6, 6.07) is 8.65. The number of nitrogens with zero attached hydrogens (tertiary/aromatic N) is 5. The Balaban J connectivity index is 0.00000202. The second-order valence-electron chi connectivity index (χ2n) is 11.3. The quantitative estimate of drug-likeness (QED) is 0.227. The molecule has 3 fully saturated rings. The largest absolute Gasteiger partial charge is 0.430 e. The minimum atomic E-state index is -0.483. The van der Waals surface area contributed by atoms with Crippen LogP contribution in [-0.4, -0.2) is 61.9 Å². The minimum absolute atomic E-state index is 0. The number of benzene rings is 1. The van der Waals surface area contributed by atoms with Gasteiger partial charge in [0.1, 0.15) is 0 Å². The summed E-state index contributed by atoms with van der Waals surface area (Å²) in [7, 11) is 0. The van der Waals surface area contributed by atoms with Crippen LogP contribution in [0.15, 0.2) is 35.1 Å². The van der Waals surface area contributed by atoms with Crippen molar-refractivity contribution in [2.75, 3.05) is 29.0 Å². The van der Waals surface area contributed by atoms with Gasteiger partial charge in [-0.05, 0) is 75.6 Å². The molecular formula is C28H40BrCl2N9O2. The number of aromatic nitrogens is 4. The molecule has 2 aromatic heterocycles. The van der Waals surface area contributed by atoms with Crippen LogP contribution in [0.4, 0.5) is 22.2 Å². The van der Waals surface area contributed by atoms with E-state index >= 15 is 0 Å². The first-order valence-corrected chi connectivity index (χ1v) is 15.3. The molecule has 2 saturated carbocycles. The highest BCUT2D eigenvalue weighted by Gasteiger charge is 2.27. The number of hydrogen-bond donors (Lipinski definition) is 4. The molecule has 0 atom stereocenters. The first kappa shape index (κ1) is 32.5. The zero-order valence-corrected chi connectivity index (χ0v) is 26.7. The number of rotatable bonds is 7. The minimum Gasteiger partial charge on any atom is -0.365 e. The Morgan fingerprint density at radius 2 is 1.57 bits per heavy atom. The number of carbonyl (C=O) groups excluding carboxylic acids is 1. The Kier molecular flexibility index (Phi) is 11.5. The van der Waals surface area contributed by atoms with E-state index in [-0.39, 0.29) is 30.9 Å². The molecule has 2 aliphatic carbocycles. The molecule has 230 valence electrons. The van der Waals surface area contributed by atoms with Crippen molar-refractivity contribution in [3.63, 3.8) is 0 Å². The second kappa shape index (κ2) is 14.9. The highest BCUT2D eigenvalue weighted by atomic mass is 79.9. The van der Waals surface area contributed by atoms with Crippen molar-refractivity contribution in [2.24, 2.45) is 5.73 Å². The third-order valence-corrected chi connectivity index (χ3v) is 8.87. The lowest BCUT2D eigenvalue weighted by molar-refractivity contribution is -0.106. The highest BCUT2D eigenvalue weighted by Crippen LogP contribution is 2.34. The monoisotopic (exact) mass is 683 g/mol. The predicted octanol–water partition coefficient (Wildman–Crippen LogP) is 6.27. The highest BCUT2D eigenvalue weighted by molar-refractivity contribution is 9.10. The third kappa shape index (κ3) is 7.96. The zero-order chi connectivity index (χ0) is 27.5. The predicted molar refractivity (Wildman–Crippen MR) is 174 cm³/mol. The van der Waals surface area contributed by atoms with E-state index in [0.29, 0.717) is 42.9 Å². The SMILES string of the molecule is Cl.Cl.NC1CCC(Nc2nc(NC3CCN(OC(=O)Nc4ccc(Br)cc4)CC3)c3ncn(C4CCCC4)c3n2)CC1. The molecule has 5 N–H and O–H groups in total. The number of nitrogens with two attached hydrogens (primary N) is 1. The fourth-order valence-electron chi connectivity index (χ4n) is 6.05. The summed E-state index contributed by atoms with van der Waals surface area (Å²) in [5.41, 5.74) is 8.53. The molecule has 1 aliphatic heterocycles. The van der Waals surface area contributed by atoms with Gasteiger partial charge in [-0.3, -0.25) is 5.32 Å². The summed E-state index contributed by atoms with van der Waals surface area (Å²) in [6.07, 6.45) is 12.0. The van der Waals surface area contributed by atoms with Gasteiger partial charge in [-0.1, -0.05) is 28.8 Å². The first-order chi connectivity index (χ1) is 19.5. The summed E-state index contributed by atoms with van der Waals surface area (Å²) in [5, 5.41) is 11.7. The summed E-state index contributed by atoms with van der Waals surface area (Å²) in [5.74, 6) is 1.42. The van der Waals surface area contributed by atoms with E-state index in [4.69, 9.17) is 25.5 Å². The molecule has 1 saturated heterocycles. The van der Waals surface area contributed by atoms with E-state index in [9.17, 15) is 4.79 Å². The van der Waals surface area contributed by atoms with Crippen molar-refractivity contribution >= 4 is 75.5 Å². The van der Waals surface area contributed by atoms with Crippen LogP contribution in [0, 0.1) is 0 Å². The lowest BCUT2D eigenvalue weighted by Crippen LogP contribution is -2.41. The number of amides is 1. The van der Waals surface area contributed by atoms with Gasteiger partial charge in [0.15, 0.2) is 17.0 Å². The number of anilines is 3. The fourth-order valence-corrected chi connectivity index (χ4v) is 6.32. The Bertz CT molecular complexity index is 1310. The van der Waals surface area contributed by atoms with Gasteiger partial charge in [0.25, 0.3) is 0 Å². The molecular weight excluding hydrogens is 645 g/mol. The third-order valence-electron chi connectivity index (χ3n) is 8.34. The summed E-state index contributed by atoms with van der Waals surface area (Å²) >= 11 is 3.40. The molecule has 0 spiro atoms. The molecule has 0 bridgehead atoms. The van der Waals surface area contributed by atoms with Crippen LogP contribution in [0.5, 0.6) is 0 Å². The Morgan fingerprint density at radius 3 is 2.26 bits per heavy atom. The van der Waals surface area contributed by atoms with E-state index in [0.717, 1.165) is 72.8 Å². The number of fused-ring (bicyclic) bond motifs is 1. The Morgan fingerprint density at radius 1 is 0.905 bits per heavy atom. The Hall–Kier alpha value is -2.38. The molecule has 1 amide bonds. The number of imidazole rings is 1. The van der Waals surface area contributed by atoms with Crippen molar-refractivity contribution in [2.45, 2.75) is 88.4 Å². The second-order valence-corrected chi connectivity index (χ2v) is 12.2. The smallest absolute Gasteiger partial charge is 0.365 e. The van der Waals surface area contributed by atoms with Crippen molar-refractivity contribution in [3.8, 4) is 0 Å². The lowest BCUT2D eigenvalue weighted by atomic mass is 9.92. The van der Waals surface area contributed by atoms with Crippen LogP contribution < -0.4 is 21.7 Å². The van der Waals surface area contributed by atoms with Crippen LogP contribution in [0.2, 0.25) is 0 Å². The fraction of sp³-hybridized carbons (Fsp3) is 0.571. The van der Waals surface area contributed by atoms with Gasteiger partial charge < -0.3 is 25.8 Å². The number of halogens is 3. The molecule has 11 nitrogen and oxygen atoms in total. The van der Waals surface area contributed by atoms with Crippen molar-refractivity contribution in [1.29, 1.82) is 0 Å². The number of hydrogen-bond acceptors (Lipinski definition) is 9. The van der Waals surface area contributed by atoms with Gasteiger partial charge in [-0.2, -0.15) is 9.97 Å². The van der Waals surface area contributed by atoms with Gasteiger partial charge in [0.05, 0.1) is 6.33 Å². The van der Waals surface area contributed by atoms with E-state index in [1.54, 1.807) is 5.06 Å². The maximum Gasteiger partial charge on any atom is 0.430 e. The van der Waals surface area contributed by atoms with Crippen LogP contribution in [-0.2, 0) is 4.84 Å². The standard InChI is InChI=1S/C28H38BrN9O2.2ClH/c29-18-5-9-21(10-6-18)34-28(39)40-37-15-13-22(14-16-37)32-25-24-26(38(17-31-24)23-3-1-2-4-23)36-27(35-25)33-20-11-7-19(30)8-12-20;;/h5-6,9-10,17,19-20,22-23H,1-4,7-8,11-16,30H2,(H,34,39)(H2,32,33,35,36);2*1H. The van der Waals surface area contributed by atoms with Gasteiger partial charge in [-0.15, -0.1) is 29.9 Å². The molecule has 1 aromatic carbocycles. The molecule has 42 heavy (non-hydrogen) atoms. The molecule has 3 heterocycles. The van der Waals surface area contributed by atoms with E-state index < -0.39 is 6.09 Å². The summed E-state index contributed by atoms with van der Waals surface area (Å²) in [4.78, 5) is 32.6. The van der Waals surface area contributed by atoms with Gasteiger partial charge >= 0.3 is 6.09 Å². The average Bonchev–Trinajstić information content (AvgIpc) is 3.63. The molecule has 3 aliphatic rings. The number of piperidine rings is 1. The summed E-state index contributed by atoms with van der Waals surface area (Å²) < 4.78 is 3.20. The van der Waals surface area contributed by atoms with Crippen molar-refractivity contribution < 1.29 is 9.63 Å². The first-order valence-electron chi connectivity index (χ1n) is 14.5. The van der Waals surface area contributed by atoms with E-state index in [1.807, 2.05) is 30.6 Å². The summed E-state index contributed by atoms with van der Waals surface area (Å²) in [6.45, 7) is 1.26. The zero-order valence-electron chi connectivity index (χ0n) is 23.5. The van der Waals surface area contributed by atoms with Crippen LogP contribution in [0.25, 0.3) is 11.2 Å². The number of carbonyl (C=O) groups is 1. The maximum atomic E-state index is 12.4. The van der Waals surface area contributed by atoms with E-state index in [1.165, 1.54) is 12.8 Å². The molecule has 3 aromatic rings. The normalized spacial score (nSPS) is 21.8. The van der Waals surface area contributed by atoms with Gasteiger partial charge in [0.2, 0.25) is 5.95 Å². The molecule has 0 radical (unpaired) electrons. The van der Waals surface area contributed by atoms with Gasteiger partial charge in [0, 0.05) is 47.4 Å².